The van der Waals surface area contributed by atoms with Gasteiger partial charge in [-0.25, -0.2) is 0 Å². The first-order valence-electron chi connectivity index (χ1n) is 5.57. The van der Waals surface area contributed by atoms with E-state index < -0.39 is 4.92 Å². The third kappa shape index (κ3) is 4.10. The number of non-ortho nitro benzene ring substituents is 1. The van der Waals surface area contributed by atoms with Gasteiger partial charge in [0.25, 0.3) is 5.69 Å². The largest absolute Gasteiger partial charge is 0.351 e. The lowest BCUT2D eigenvalue weighted by atomic mass is 10.1. The van der Waals surface area contributed by atoms with Crippen LogP contribution in [0.5, 0.6) is 0 Å². The van der Waals surface area contributed by atoms with Crippen LogP contribution in [0.15, 0.2) is 24.3 Å². The highest BCUT2D eigenvalue weighted by Crippen LogP contribution is 2.13. The third-order valence-electron chi connectivity index (χ3n) is 2.45. The number of amides is 1. The molecule has 1 N–H and O–H groups in total. The van der Waals surface area contributed by atoms with Crippen LogP contribution in [0.3, 0.4) is 0 Å². The quantitative estimate of drug-likeness (QED) is 0.516. The summed E-state index contributed by atoms with van der Waals surface area (Å²) >= 11 is 3.31. The van der Waals surface area contributed by atoms with E-state index in [4.69, 9.17) is 0 Å². The maximum Gasteiger partial charge on any atom is 0.269 e. The van der Waals surface area contributed by atoms with Crippen molar-refractivity contribution in [1.29, 1.82) is 0 Å². The van der Waals surface area contributed by atoms with Gasteiger partial charge in [0, 0.05) is 18.7 Å². The second-order valence-electron chi connectivity index (χ2n) is 4.29. The van der Waals surface area contributed by atoms with Crippen LogP contribution in [-0.2, 0) is 11.3 Å². The SMILES string of the molecule is CC(C)C(Br)C(=O)NCc1ccc([N+](=O)[O-])cc1. The van der Waals surface area contributed by atoms with Crippen molar-refractivity contribution in [2.75, 3.05) is 0 Å². The van der Waals surface area contributed by atoms with Crippen molar-refractivity contribution in [1.82, 2.24) is 5.32 Å². The number of nitrogens with zero attached hydrogens (tertiary/aromatic N) is 1. The molecule has 1 amide bonds. The van der Waals surface area contributed by atoms with Crippen LogP contribution in [0.4, 0.5) is 5.69 Å². The summed E-state index contributed by atoms with van der Waals surface area (Å²) in [6.07, 6.45) is 0. The Balaban J connectivity index is 2.54. The van der Waals surface area contributed by atoms with Crippen molar-refractivity contribution in [2.45, 2.75) is 25.2 Å². The van der Waals surface area contributed by atoms with Crippen molar-refractivity contribution in [3.05, 3.63) is 39.9 Å². The van der Waals surface area contributed by atoms with Gasteiger partial charge in [0.05, 0.1) is 9.75 Å². The van der Waals surface area contributed by atoms with Gasteiger partial charge in [-0.3, -0.25) is 14.9 Å². The molecule has 0 heterocycles. The number of rotatable bonds is 5. The Morgan fingerprint density at radius 3 is 2.39 bits per heavy atom. The fourth-order valence-corrected chi connectivity index (χ4v) is 1.49. The molecule has 1 atom stereocenters. The Labute approximate surface area is 114 Å². The van der Waals surface area contributed by atoms with Gasteiger partial charge in [-0.1, -0.05) is 41.9 Å². The molecule has 6 heteroatoms. The average molecular weight is 315 g/mol. The summed E-state index contributed by atoms with van der Waals surface area (Å²) in [5.41, 5.74) is 0.878. The van der Waals surface area contributed by atoms with Crippen LogP contribution in [0, 0.1) is 16.0 Å². The predicted molar refractivity (Wildman–Crippen MR) is 72.5 cm³/mol. The molecule has 0 bridgehead atoms. The lowest BCUT2D eigenvalue weighted by Crippen LogP contribution is -2.33. The van der Waals surface area contributed by atoms with Crippen molar-refractivity contribution < 1.29 is 9.72 Å². The van der Waals surface area contributed by atoms with Crippen molar-refractivity contribution >= 4 is 27.5 Å². The number of carbonyl (C=O) groups excluding carboxylic acids is 1. The standard InChI is InChI=1S/C12H15BrN2O3/c1-8(2)11(13)12(16)14-7-9-3-5-10(6-4-9)15(17)18/h3-6,8,11H,7H2,1-2H3,(H,14,16). The number of carbonyl (C=O) groups is 1. The summed E-state index contributed by atoms with van der Waals surface area (Å²) in [5.74, 6) is 0.130. The van der Waals surface area contributed by atoms with Gasteiger partial charge in [-0.05, 0) is 11.5 Å². The van der Waals surface area contributed by atoms with Crippen molar-refractivity contribution in [3.8, 4) is 0 Å². The summed E-state index contributed by atoms with van der Waals surface area (Å²) in [6, 6.07) is 6.12. The molecule has 1 unspecified atom stereocenters. The van der Waals surface area contributed by atoms with E-state index in [1.807, 2.05) is 13.8 Å². The monoisotopic (exact) mass is 314 g/mol. The summed E-state index contributed by atoms with van der Waals surface area (Å²) < 4.78 is 0. The number of nitrogens with one attached hydrogen (secondary N) is 1. The summed E-state index contributed by atoms with van der Waals surface area (Å²) in [6.45, 7) is 4.27. The normalized spacial score (nSPS) is 12.2. The van der Waals surface area contributed by atoms with Crippen molar-refractivity contribution in [2.24, 2.45) is 5.92 Å². The van der Waals surface area contributed by atoms with E-state index in [1.54, 1.807) is 12.1 Å². The zero-order valence-electron chi connectivity index (χ0n) is 10.2. The molecule has 0 spiro atoms. The highest BCUT2D eigenvalue weighted by atomic mass is 79.9. The fraction of sp³-hybridized carbons (Fsp3) is 0.417. The van der Waals surface area contributed by atoms with E-state index in [1.165, 1.54) is 12.1 Å². The van der Waals surface area contributed by atoms with Gasteiger partial charge < -0.3 is 5.32 Å². The second-order valence-corrected chi connectivity index (χ2v) is 5.27. The zero-order valence-corrected chi connectivity index (χ0v) is 11.8. The molecule has 1 aromatic rings. The zero-order chi connectivity index (χ0) is 13.7. The van der Waals surface area contributed by atoms with Gasteiger partial charge >= 0.3 is 0 Å². The number of nitro benzene ring substituents is 1. The van der Waals surface area contributed by atoms with E-state index in [-0.39, 0.29) is 22.3 Å². The highest BCUT2D eigenvalue weighted by Gasteiger charge is 2.17. The molecule has 0 aliphatic rings. The molecule has 1 aromatic carbocycles. The Morgan fingerprint density at radius 1 is 1.39 bits per heavy atom. The van der Waals surface area contributed by atoms with E-state index >= 15 is 0 Å². The lowest BCUT2D eigenvalue weighted by Gasteiger charge is -2.13. The summed E-state index contributed by atoms with van der Waals surface area (Å²) in [5, 5.41) is 13.2. The summed E-state index contributed by atoms with van der Waals surface area (Å²) in [4.78, 5) is 21.5. The van der Waals surface area contributed by atoms with E-state index in [2.05, 4.69) is 21.2 Å². The topological polar surface area (TPSA) is 72.2 Å². The Kier molecular flexibility index (Phi) is 5.27. The summed E-state index contributed by atoms with van der Waals surface area (Å²) in [7, 11) is 0. The van der Waals surface area contributed by atoms with Crippen LogP contribution < -0.4 is 5.32 Å². The lowest BCUT2D eigenvalue weighted by molar-refractivity contribution is -0.384. The number of hydrogen-bond acceptors (Lipinski definition) is 3. The van der Waals surface area contributed by atoms with Gasteiger partial charge in [0.2, 0.25) is 5.91 Å². The third-order valence-corrected chi connectivity index (χ3v) is 3.92. The molecule has 0 fully saturated rings. The molecule has 0 aromatic heterocycles. The Bertz CT molecular complexity index is 431. The van der Waals surface area contributed by atoms with Crippen molar-refractivity contribution in [3.63, 3.8) is 0 Å². The molecule has 1 rings (SSSR count). The molecule has 5 nitrogen and oxygen atoms in total. The smallest absolute Gasteiger partial charge is 0.269 e. The second kappa shape index (κ2) is 6.49. The van der Waals surface area contributed by atoms with Gasteiger partial charge in [0.1, 0.15) is 0 Å². The fourth-order valence-electron chi connectivity index (χ4n) is 1.32. The minimum atomic E-state index is -0.449. The molecule has 0 aliphatic carbocycles. The first-order valence-corrected chi connectivity index (χ1v) is 6.48. The van der Waals surface area contributed by atoms with Gasteiger partial charge in [0.15, 0.2) is 0 Å². The number of alkyl halides is 1. The number of hydrogen-bond donors (Lipinski definition) is 1. The molecular weight excluding hydrogens is 300 g/mol. The van der Waals surface area contributed by atoms with Crippen LogP contribution in [0.25, 0.3) is 0 Å². The Hall–Kier alpha value is -1.43. The number of nitro groups is 1. The molecule has 98 valence electrons. The predicted octanol–water partition coefficient (Wildman–Crippen LogP) is 2.63. The number of halogens is 1. The molecular formula is C12H15BrN2O3. The minimum absolute atomic E-state index is 0.0469. The maximum atomic E-state index is 11.7. The van der Waals surface area contributed by atoms with E-state index in [0.29, 0.717) is 6.54 Å². The molecule has 0 radical (unpaired) electrons. The van der Waals surface area contributed by atoms with Crippen LogP contribution in [0.1, 0.15) is 19.4 Å². The molecule has 18 heavy (non-hydrogen) atoms. The molecule has 0 saturated heterocycles. The molecule has 0 aliphatic heterocycles. The Morgan fingerprint density at radius 2 is 1.94 bits per heavy atom. The van der Waals surface area contributed by atoms with E-state index in [0.717, 1.165) is 5.56 Å². The molecule has 0 saturated carbocycles. The van der Waals surface area contributed by atoms with Gasteiger partial charge in [-0.15, -0.1) is 0 Å². The number of benzene rings is 1. The first-order chi connectivity index (χ1) is 8.41. The van der Waals surface area contributed by atoms with Gasteiger partial charge in [-0.2, -0.15) is 0 Å². The maximum absolute atomic E-state index is 11.7. The highest BCUT2D eigenvalue weighted by molar-refractivity contribution is 9.10. The van der Waals surface area contributed by atoms with Crippen LogP contribution >= 0.6 is 15.9 Å². The van der Waals surface area contributed by atoms with Crippen LogP contribution in [0.2, 0.25) is 0 Å². The van der Waals surface area contributed by atoms with E-state index in [9.17, 15) is 14.9 Å². The average Bonchev–Trinajstić information content (AvgIpc) is 2.35. The minimum Gasteiger partial charge on any atom is -0.351 e. The van der Waals surface area contributed by atoms with Crippen LogP contribution in [-0.4, -0.2) is 15.7 Å². The first kappa shape index (κ1) is 14.6.